The van der Waals surface area contributed by atoms with Gasteiger partial charge in [-0.1, -0.05) is 19.8 Å². The molecular weight excluding hydrogens is 304 g/mol. The van der Waals surface area contributed by atoms with Gasteiger partial charge in [0.05, 0.1) is 12.2 Å². The Balaban J connectivity index is 2.18. The Labute approximate surface area is 141 Å². The zero-order valence-electron chi connectivity index (χ0n) is 13.9. The summed E-state index contributed by atoms with van der Waals surface area (Å²) in [6, 6.07) is 6.86. The minimum absolute atomic E-state index is 0.0424. The highest BCUT2D eigenvalue weighted by Gasteiger charge is 2.12. The summed E-state index contributed by atoms with van der Waals surface area (Å²) in [5.74, 6) is 2.68. The van der Waals surface area contributed by atoms with Gasteiger partial charge in [-0.3, -0.25) is 4.79 Å². The number of rotatable bonds is 5. The molecule has 1 aromatic heterocycles. The van der Waals surface area contributed by atoms with E-state index in [-0.39, 0.29) is 24.2 Å². The molecule has 0 spiro atoms. The monoisotopic (exact) mass is 324 g/mol. The van der Waals surface area contributed by atoms with Crippen molar-refractivity contribution in [2.24, 2.45) is 0 Å². The molecule has 2 aromatic rings. The van der Waals surface area contributed by atoms with Gasteiger partial charge in [-0.15, -0.1) is 16.6 Å². The number of anilines is 1. The van der Waals surface area contributed by atoms with Gasteiger partial charge in [0.25, 0.3) is 0 Å². The van der Waals surface area contributed by atoms with Crippen molar-refractivity contribution in [3.8, 4) is 29.4 Å². The van der Waals surface area contributed by atoms with Crippen LogP contribution in [0.4, 0.5) is 5.82 Å². The van der Waals surface area contributed by atoms with Crippen molar-refractivity contribution in [2.45, 2.75) is 26.8 Å². The molecule has 0 radical (unpaired) electrons. The summed E-state index contributed by atoms with van der Waals surface area (Å²) in [6.07, 6.45) is 5.31. The van der Waals surface area contributed by atoms with Crippen LogP contribution in [0.25, 0.3) is 11.3 Å². The highest BCUT2D eigenvalue weighted by Crippen LogP contribution is 2.30. The maximum absolute atomic E-state index is 11.8. The zero-order chi connectivity index (χ0) is 17.7. The van der Waals surface area contributed by atoms with Crippen molar-refractivity contribution in [1.29, 1.82) is 0 Å². The predicted octanol–water partition coefficient (Wildman–Crippen LogP) is 2.08. The number of aromatic nitrogens is 2. The summed E-state index contributed by atoms with van der Waals surface area (Å²) >= 11 is 0. The number of carbonyl (C=O) groups excluding carboxylic acids is 1. The Morgan fingerprint density at radius 1 is 1.33 bits per heavy atom. The minimum Gasteiger partial charge on any atom is -0.507 e. The third-order valence-corrected chi connectivity index (χ3v) is 3.34. The van der Waals surface area contributed by atoms with Crippen LogP contribution in [-0.4, -0.2) is 33.8 Å². The first kappa shape index (κ1) is 17.4. The standard InChI is InChI=1S/C18H20N4O2/c1-5-13-6-7-14(15(23)9-13)18-12(4)8-16(21-22-18)20-17(24)10-19-11(2)3/h1,6-9,11,19,23H,10H2,2-4H3,(H,20,21,24). The van der Waals surface area contributed by atoms with Crippen molar-refractivity contribution in [3.63, 3.8) is 0 Å². The number of hydrogen-bond donors (Lipinski definition) is 3. The maximum atomic E-state index is 11.8. The SMILES string of the molecule is C#Cc1ccc(-c2nnc(NC(=O)CNC(C)C)cc2C)c(O)c1. The lowest BCUT2D eigenvalue weighted by molar-refractivity contribution is -0.115. The number of phenolic OH excluding ortho intramolecular Hbond substituents is 1. The lowest BCUT2D eigenvalue weighted by atomic mass is 10.0. The Kier molecular flexibility index (Phi) is 5.51. The van der Waals surface area contributed by atoms with Crippen LogP contribution < -0.4 is 10.6 Å². The van der Waals surface area contributed by atoms with Gasteiger partial charge in [0.15, 0.2) is 5.82 Å². The summed E-state index contributed by atoms with van der Waals surface area (Å²) in [7, 11) is 0. The third kappa shape index (κ3) is 4.31. The fourth-order valence-electron chi connectivity index (χ4n) is 2.12. The lowest BCUT2D eigenvalue weighted by Gasteiger charge is -2.10. The number of carbonyl (C=O) groups is 1. The molecule has 2 rings (SSSR count). The van der Waals surface area contributed by atoms with Gasteiger partial charge in [0, 0.05) is 17.2 Å². The van der Waals surface area contributed by atoms with Gasteiger partial charge >= 0.3 is 0 Å². The second-order valence-electron chi connectivity index (χ2n) is 5.72. The summed E-state index contributed by atoms with van der Waals surface area (Å²) in [5, 5.41) is 23.9. The van der Waals surface area contributed by atoms with E-state index in [4.69, 9.17) is 6.42 Å². The largest absolute Gasteiger partial charge is 0.507 e. The molecule has 0 aliphatic rings. The number of hydrogen-bond acceptors (Lipinski definition) is 5. The second-order valence-corrected chi connectivity index (χ2v) is 5.72. The number of amides is 1. The van der Waals surface area contributed by atoms with E-state index >= 15 is 0 Å². The zero-order valence-corrected chi connectivity index (χ0v) is 13.9. The van der Waals surface area contributed by atoms with Crippen molar-refractivity contribution in [1.82, 2.24) is 15.5 Å². The summed E-state index contributed by atoms with van der Waals surface area (Å²) in [6.45, 7) is 5.96. The lowest BCUT2D eigenvalue weighted by Crippen LogP contribution is -2.32. The number of nitrogens with zero attached hydrogens (tertiary/aromatic N) is 2. The molecule has 3 N–H and O–H groups in total. The van der Waals surface area contributed by atoms with Crippen molar-refractivity contribution in [3.05, 3.63) is 35.4 Å². The summed E-state index contributed by atoms with van der Waals surface area (Å²) in [4.78, 5) is 11.8. The van der Waals surface area contributed by atoms with E-state index in [0.29, 0.717) is 22.6 Å². The number of phenols is 1. The van der Waals surface area contributed by atoms with E-state index in [1.165, 1.54) is 6.07 Å². The van der Waals surface area contributed by atoms with E-state index in [9.17, 15) is 9.90 Å². The number of terminal acetylenes is 1. The smallest absolute Gasteiger partial charge is 0.239 e. The number of nitrogens with one attached hydrogen (secondary N) is 2. The van der Waals surface area contributed by atoms with Gasteiger partial charge < -0.3 is 15.7 Å². The van der Waals surface area contributed by atoms with Crippen LogP contribution in [0.1, 0.15) is 25.0 Å². The molecule has 0 unspecified atom stereocenters. The summed E-state index contributed by atoms with van der Waals surface area (Å²) < 4.78 is 0. The molecule has 0 saturated heterocycles. The minimum atomic E-state index is -0.189. The summed E-state index contributed by atoms with van der Waals surface area (Å²) in [5.41, 5.74) is 2.44. The molecule has 0 fully saturated rings. The highest BCUT2D eigenvalue weighted by atomic mass is 16.3. The van der Waals surface area contributed by atoms with Crippen LogP contribution >= 0.6 is 0 Å². The molecule has 0 aliphatic heterocycles. The molecular formula is C18H20N4O2. The fraction of sp³-hybridized carbons (Fsp3) is 0.278. The molecule has 0 saturated carbocycles. The third-order valence-electron chi connectivity index (χ3n) is 3.34. The molecule has 1 aromatic carbocycles. The topological polar surface area (TPSA) is 87.1 Å². The first-order chi connectivity index (χ1) is 11.4. The fourth-order valence-corrected chi connectivity index (χ4v) is 2.12. The molecule has 0 bridgehead atoms. The Morgan fingerprint density at radius 3 is 2.67 bits per heavy atom. The number of benzene rings is 1. The van der Waals surface area contributed by atoms with Crippen LogP contribution in [-0.2, 0) is 4.79 Å². The normalized spacial score (nSPS) is 10.5. The number of aryl methyl sites for hydroxylation is 1. The quantitative estimate of drug-likeness (QED) is 0.733. The molecule has 6 heteroatoms. The van der Waals surface area contributed by atoms with E-state index in [1.54, 1.807) is 18.2 Å². The van der Waals surface area contributed by atoms with E-state index in [1.807, 2.05) is 20.8 Å². The van der Waals surface area contributed by atoms with Crippen LogP contribution in [0.3, 0.4) is 0 Å². The molecule has 1 heterocycles. The van der Waals surface area contributed by atoms with Crippen LogP contribution in [0.5, 0.6) is 5.75 Å². The molecule has 1 amide bonds. The van der Waals surface area contributed by atoms with Gasteiger partial charge in [0.2, 0.25) is 5.91 Å². The van der Waals surface area contributed by atoms with Gasteiger partial charge in [-0.25, -0.2) is 0 Å². The van der Waals surface area contributed by atoms with Crippen LogP contribution in [0.15, 0.2) is 24.3 Å². The molecule has 24 heavy (non-hydrogen) atoms. The molecule has 0 aliphatic carbocycles. The molecule has 6 nitrogen and oxygen atoms in total. The number of aromatic hydroxyl groups is 1. The van der Waals surface area contributed by atoms with Gasteiger partial charge in [-0.05, 0) is 36.8 Å². The van der Waals surface area contributed by atoms with Crippen LogP contribution in [0, 0.1) is 19.3 Å². The Morgan fingerprint density at radius 2 is 2.08 bits per heavy atom. The van der Waals surface area contributed by atoms with Crippen molar-refractivity contribution >= 4 is 11.7 Å². The maximum Gasteiger partial charge on any atom is 0.239 e. The van der Waals surface area contributed by atoms with Crippen molar-refractivity contribution in [2.75, 3.05) is 11.9 Å². The second kappa shape index (κ2) is 7.57. The average molecular weight is 324 g/mol. The van der Waals surface area contributed by atoms with Crippen LogP contribution in [0.2, 0.25) is 0 Å². The van der Waals surface area contributed by atoms with E-state index in [0.717, 1.165) is 5.56 Å². The van der Waals surface area contributed by atoms with Gasteiger partial charge in [0.1, 0.15) is 5.75 Å². The van der Waals surface area contributed by atoms with Crippen molar-refractivity contribution < 1.29 is 9.90 Å². The molecule has 0 atom stereocenters. The average Bonchev–Trinajstić information content (AvgIpc) is 2.53. The first-order valence-corrected chi connectivity index (χ1v) is 7.58. The van der Waals surface area contributed by atoms with Gasteiger partial charge in [-0.2, -0.15) is 0 Å². The van der Waals surface area contributed by atoms with E-state index < -0.39 is 0 Å². The predicted molar refractivity (Wildman–Crippen MR) is 93.6 cm³/mol. The molecule has 124 valence electrons. The highest BCUT2D eigenvalue weighted by molar-refractivity contribution is 5.91. The Bertz CT molecular complexity index is 794. The Hall–Kier alpha value is -2.91. The van der Waals surface area contributed by atoms with E-state index in [2.05, 4.69) is 26.8 Å². The first-order valence-electron chi connectivity index (χ1n) is 7.58.